The van der Waals surface area contributed by atoms with E-state index < -0.39 is 0 Å². The van der Waals surface area contributed by atoms with Crippen LogP contribution in [0.25, 0.3) is 0 Å². The Labute approximate surface area is 299 Å². The number of aryl methyl sites for hydroxylation is 2. The third-order valence-corrected chi connectivity index (χ3v) is 7.81. The maximum absolute atomic E-state index is 11.4. The Bertz CT molecular complexity index is 1480. The van der Waals surface area contributed by atoms with E-state index in [4.69, 9.17) is 0 Å². The van der Waals surface area contributed by atoms with E-state index in [0.717, 1.165) is 34.3 Å². The van der Waals surface area contributed by atoms with Crippen molar-refractivity contribution in [3.63, 3.8) is 0 Å². The van der Waals surface area contributed by atoms with Gasteiger partial charge < -0.3 is 0 Å². The molecule has 0 aromatic carbocycles. The topological polar surface area (TPSA) is 117 Å². The molecule has 0 aliphatic rings. The molecule has 3 rings (SSSR count). The molecule has 3 heterocycles. The minimum absolute atomic E-state index is 0.0144. The summed E-state index contributed by atoms with van der Waals surface area (Å²) in [4.78, 5) is 45.1. The van der Waals surface area contributed by atoms with Crippen LogP contribution in [0.5, 0.6) is 0 Å². The number of aromatic nitrogens is 7. The van der Waals surface area contributed by atoms with Gasteiger partial charge in [-0.25, -0.2) is 9.78 Å². The van der Waals surface area contributed by atoms with Gasteiger partial charge in [-0.2, -0.15) is 4.98 Å². The Morgan fingerprint density at radius 1 is 0.510 bits per heavy atom. The van der Waals surface area contributed by atoms with E-state index in [9.17, 15) is 4.79 Å². The van der Waals surface area contributed by atoms with Gasteiger partial charge in [-0.3, -0.25) is 4.98 Å². The van der Waals surface area contributed by atoms with Crippen molar-refractivity contribution < 1.29 is 0 Å². The van der Waals surface area contributed by atoms with E-state index in [-0.39, 0.29) is 38.4 Å². The maximum atomic E-state index is 11.4. The number of hydrogen-bond donors (Lipinski definition) is 1. The Kier molecular flexibility index (Phi) is 13.9. The van der Waals surface area contributed by atoms with Crippen molar-refractivity contribution >= 4 is 25.5 Å². The normalized spacial score (nSPS) is 12.6. The molecule has 0 amide bonds. The molecule has 3 aromatic rings. The number of hydrogen-bond acceptors (Lipinski definition) is 9. The molecule has 0 spiro atoms. The van der Waals surface area contributed by atoms with Crippen molar-refractivity contribution in [1.29, 1.82) is 0 Å². The Balaban J connectivity index is 0.000000368. The van der Waals surface area contributed by atoms with E-state index >= 15 is 0 Å². The second kappa shape index (κ2) is 15.5. The summed E-state index contributed by atoms with van der Waals surface area (Å²) in [5, 5.41) is 0. The first-order valence-electron chi connectivity index (χ1n) is 17.3. The van der Waals surface area contributed by atoms with Gasteiger partial charge in [0.2, 0.25) is 0 Å². The zero-order valence-corrected chi connectivity index (χ0v) is 35.1. The summed E-state index contributed by atoms with van der Waals surface area (Å²) >= 11 is 0. The second-order valence-electron chi connectivity index (χ2n) is 19.2. The van der Waals surface area contributed by atoms with Crippen molar-refractivity contribution in [3.05, 3.63) is 44.7 Å². The summed E-state index contributed by atoms with van der Waals surface area (Å²) in [6.45, 7) is 46.2. The summed E-state index contributed by atoms with van der Waals surface area (Å²) in [7, 11) is 4.12. The molecule has 0 fully saturated rings. The number of aromatic amines is 1. The molecule has 0 bridgehead atoms. The zero-order valence-electron chi connectivity index (χ0n) is 35.1. The van der Waals surface area contributed by atoms with E-state index in [1.165, 1.54) is 0 Å². The van der Waals surface area contributed by atoms with Crippen molar-refractivity contribution in [2.24, 2.45) is 0 Å². The number of anilines is 2. The molecule has 0 saturated carbocycles. The predicted octanol–water partition coefficient (Wildman–Crippen LogP) is 7.07. The van der Waals surface area contributed by atoms with Crippen LogP contribution in [0.3, 0.4) is 0 Å². The van der Waals surface area contributed by atoms with Gasteiger partial charge in [0.05, 0.1) is 0 Å². The number of nitrogens with one attached hydrogen (secondary N) is 1. The van der Waals surface area contributed by atoms with Crippen molar-refractivity contribution in [2.75, 3.05) is 23.9 Å². The third kappa shape index (κ3) is 14.0. The van der Waals surface area contributed by atoms with Crippen LogP contribution < -0.4 is 15.5 Å². The summed E-state index contributed by atoms with van der Waals surface area (Å²) in [6.07, 6.45) is 0. The quantitative estimate of drug-likeness (QED) is 0.305. The van der Waals surface area contributed by atoms with Crippen LogP contribution in [0.15, 0.2) is 4.79 Å². The fourth-order valence-electron chi connectivity index (χ4n) is 3.86. The van der Waals surface area contributed by atoms with Crippen LogP contribution in [0.1, 0.15) is 159 Å². The average Bonchev–Trinajstić information content (AvgIpc) is 2.89. The van der Waals surface area contributed by atoms with Gasteiger partial charge in [0.15, 0.2) is 0 Å². The molecular weight excluding hydrogens is 608 g/mol. The molecule has 0 aliphatic carbocycles. The van der Waals surface area contributed by atoms with Gasteiger partial charge in [0, 0.05) is 10.8 Å². The molecule has 272 valence electrons. The summed E-state index contributed by atoms with van der Waals surface area (Å²) < 4.78 is 0. The Hall–Kier alpha value is -3.04. The summed E-state index contributed by atoms with van der Waals surface area (Å²) in [5.41, 5.74) is 3.59. The van der Waals surface area contributed by atoms with Crippen LogP contribution in [0.2, 0.25) is 0 Å². The van der Waals surface area contributed by atoms with Crippen LogP contribution in [0.4, 0.5) is 11.7 Å². The van der Waals surface area contributed by atoms with Gasteiger partial charge >= 0.3 is 216 Å². The molecule has 0 radical (unpaired) electrons. The number of rotatable bonds is 2. The Morgan fingerprint density at radius 2 is 0.959 bits per heavy atom. The Morgan fingerprint density at radius 3 is 1.37 bits per heavy atom. The second-order valence-corrected chi connectivity index (χ2v) is 19.2. The first kappa shape index (κ1) is 44.0. The van der Waals surface area contributed by atoms with E-state index in [1.807, 2.05) is 69.3 Å². The standard InChI is InChI=1S/2C13H24BN3.C11H19N3O/c1-9-14-11(17(8)13(5,6)7)16-10(15-9)12(2,3)4;1-9-14-10(12(2,3)4)16-11(15-9)17(8)13(5,6)7;1-10(2,3)7-12-8(11(4,5)6)14-9(15)13-7/h2*1-8H3;1-6H3,(H,12,13,14,15). The minimum atomic E-state index is -0.320. The van der Waals surface area contributed by atoms with Gasteiger partial charge in [-0.15, -0.1) is 0 Å². The molecule has 0 aliphatic heterocycles. The summed E-state index contributed by atoms with van der Waals surface area (Å²) in [5.74, 6) is 3.00. The molecule has 12 heteroatoms. The van der Waals surface area contributed by atoms with E-state index in [1.54, 1.807) is 0 Å². The van der Waals surface area contributed by atoms with Gasteiger partial charge in [-0.1, -0.05) is 41.5 Å². The molecule has 10 nitrogen and oxygen atoms in total. The van der Waals surface area contributed by atoms with E-state index in [0.29, 0.717) is 11.6 Å². The zero-order chi connectivity index (χ0) is 38.7. The summed E-state index contributed by atoms with van der Waals surface area (Å²) in [6, 6.07) is 0. The SMILES string of the molecule is CC(C)(C)c1nc(C(C)(C)C)[nH]c(=O)n1.Cc1bc(C(C)(C)C)nc(N(C)C(C)(C)C)n1.Cc1bc(N(C)C(C)(C)C)nc(C(C)(C)C)n1. The van der Waals surface area contributed by atoms with Crippen molar-refractivity contribution in [1.82, 2.24) is 34.9 Å². The van der Waals surface area contributed by atoms with Gasteiger partial charge in [-0.05, 0) is 0 Å². The van der Waals surface area contributed by atoms with Gasteiger partial charge in [0.25, 0.3) is 0 Å². The van der Waals surface area contributed by atoms with Crippen LogP contribution in [-0.4, -0.2) is 73.9 Å². The number of nitrogens with zero attached hydrogens (tertiary/aromatic N) is 8. The fourth-order valence-corrected chi connectivity index (χ4v) is 3.86. The molecule has 1 N–H and O–H groups in total. The number of H-pyrrole nitrogens is 1. The van der Waals surface area contributed by atoms with Crippen LogP contribution in [0, 0.1) is 13.8 Å². The first-order chi connectivity index (χ1) is 21.6. The third-order valence-electron chi connectivity index (χ3n) is 7.81. The predicted molar refractivity (Wildman–Crippen MR) is 210 cm³/mol. The average molecular weight is 676 g/mol. The van der Waals surface area contributed by atoms with Crippen LogP contribution in [-0.2, 0) is 21.7 Å². The molecule has 49 heavy (non-hydrogen) atoms. The molecular formula is C37H67B2N9O. The fraction of sp³-hybridized carbons (Fsp3) is 0.757. The first-order valence-corrected chi connectivity index (χ1v) is 17.3. The molecule has 0 unspecified atom stereocenters. The molecule has 0 saturated heterocycles. The van der Waals surface area contributed by atoms with E-state index in [2.05, 4.69) is 142 Å². The molecule has 0 atom stereocenters. The van der Waals surface area contributed by atoms with Crippen molar-refractivity contribution in [2.45, 2.75) is 171 Å². The van der Waals surface area contributed by atoms with Crippen molar-refractivity contribution in [3.8, 4) is 0 Å². The monoisotopic (exact) mass is 676 g/mol. The van der Waals surface area contributed by atoms with Crippen LogP contribution >= 0.6 is 0 Å². The molecule has 3 aromatic heterocycles. The van der Waals surface area contributed by atoms with Gasteiger partial charge in [0.1, 0.15) is 11.6 Å².